The van der Waals surface area contributed by atoms with E-state index in [1.54, 1.807) is 12.3 Å². The van der Waals surface area contributed by atoms with Crippen molar-refractivity contribution in [1.29, 1.82) is 0 Å². The van der Waals surface area contributed by atoms with E-state index in [0.29, 0.717) is 11.8 Å². The molecule has 0 amide bonds. The number of imidazole rings is 1. The van der Waals surface area contributed by atoms with E-state index in [2.05, 4.69) is 33.6 Å². The van der Waals surface area contributed by atoms with Crippen molar-refractivity contribution in [3.8, 4) is 28.4 Å². The van der Waals surface area contributed by atoms with Gasteiger partial charge in [-0.3, -0.25) is 4.98 Å². The first kappa shape index (κ1) is 20.1. The van der Waals surface area contributed by atoms with Crippen LogP contribution in [0.15, 0.2) is 54.9 Å². The van der Waals surface area contributed by atoms with E-state index in [0.717, 1.165) is 50.9 Å². The lowest BCUT2D eigenvalue weighted by atomic mass is 10.0. The molecule has 0 aliphatic rings. The van der Waals surface area contributed by atoms with Gasteiger partial charge in [0, 0.05) is 41.8 Å². The van der Waals surface area contributed by atoms with E-state index in [1.807, 2.05) is 51.4 Å². The maximum atomic E-state index is 5.97. The van der Waals surface area contributed by atoms with Crippen LogP contribution in [-0.4, -0.2) is 19.5 Å². The molecule has 1 aromatic carbocycles. The fourth-order valence-corrected chi connectivity index (χ4v) is 3.63. The Morgan fingerprint density at radius 2 is 1.80 bits per heavy atom. The molecule has 6 heteroatoms. The number of pyridine rings is 2. The zero-order valence-corrected chi connectivity index (χ0v) is 18.2. The molecule has 0 bridgehead atoms. The molecular weight excluding hydrogens is 396 g/mol. The number of aromatic nitrogens is 4. The predicted molar refractivity (Wildman–Crippen MR) is 120 cm³/mol. The number of halogens is 1. The van der Waals surface area contributed by atoms with E-state index in [9.17, 15) is 0 Å². The van der Waals surface area contributed by atoms with Crippen LogP contribution in [0.25, 0.3) is 22.6 Å². The van der Waals surface area contributed by atoms with Crippen molar-refractivity contribution in [3.63, 3.8) is 0 Å². The van der Waals surface area contributed by atoms with Gasteiger partial charge >= 0.3 is 0 Å². The Bertz CT molecular complexity index is 1180. The Morgan fingerprint density at radius 3 is 2.47 bits per heavy atom. The minimum atomic E-state index is 0.470. The summed E-state index contributed by atoms with van der Waals surface area (Å²) in [5.74, 6) is 1.69. The van der Waals surface area contributed by atoms with Gasteiger partial charge in [0.1, 0.15) is 23.3 Å². The highest BCUT2D eigenvalue weighted by Gasteiger charge is 2.17. The Labute approximate surface area is 181 Å². The number of nitrogens with zero attached hydrogens (tertiary/aromatic N) is 4. The molecule has 0 N–H and O–H groups in total. The SMILES string of the molecule is Cc1ccc(COc2ccc(-c3c(C)nc(-c4ccc(Cl)nc4)n3C)c(C)c2)cn1. The summed E-state index contributed by atoms with van der Waals surface area (Å²) < 4.78 is 8.06. The maximum absolute atomic E-state index is 5.97. The normalized spacial score (nSPS) is 11.0. The average molecular weight is 419 g/mol. The summed E-state index contributed by atoms with van der Waals surface area (Å²) >= 11 is 5.92. The van der Waals surface area contributed by atoms with Gasteiger partial charge in [0.05, 0.1) is 11.4 Å². The molecule has 0 saturated carbocycles. The summed E-state index contributed by atoms with van der Waals surface area (Å²) in [4.78, 5) is 13.3. The monoisotopic (exact) mass is 418 g/mol. The summed E-state index contributed by atoms with van der Waals surface area (Å²) in [6.07, 6.45) is 3.60. The van der Waals surface area contributed by atoms with Crippen molar-refractivity contribution in [3.05, 3.63) is 82.5 Å². The van der Waals surface area contributed by atoms with Gasteiger partial charge in [0.2, 0.25) is 0 Å². The summed E-state index contributed by atoms with van der Waals surface area (Å²) in [6, 6.07) is 13.9. The lowest BCUT2D eigenvalue weighted by molar-refractivity contribution is 0.305. The molecule has 3 heterocycles. The van der Waals surface area contributed by atoms with Gasteiger partial charge in [-0.1, -0.05) is 17.7 Å². The largest absolute Gasteiger partial charge is 0.489 e. The summed E-state index contributed by atoms with van der Waals surface area (Å²) in [5.41, 5.74) is 7.27. The van der Waals surface area contributed by atoms with Crippen molar-refractivity contribution in [2.75, 3.05) is 0 Å². The summed E-state index contributed by atoms with van der Waals surface area (Å²) in [5, 5.41) is 0.470. The zero-order valence-electron chi connectivity index (χ0n) is 17.5. The van der Waals surface area contributed by atoms with Gasteiger partial charge in [-0.2, -0.15) is 0 Å². The highest BCUT2D eigenvalue weighted by molar-refractivity contribution is 6.29. The summed E-state index contributed by atoms with van der Waals surface area (Å²) in [6.45, 7) is 6.58. The van der Waals surface area contributed by atoms with Crippen LogP contribution in [0.4, 0.5) is 0 Å². The highest BCUT2D eigenvalue weighted by Crippen LogP contribution is 2.32. The molecule has 0 saturated heterocycles. The Kier molecular flexibility index (Phi) is 5.55. The second-order valence-corrected chi connectivity index (χ2v) is 7.76. The van der Waals surface area contributed by atoms with Crippen LogP contribution in [0.2, 0.25) is 5.15 Å². The minimum Gasteiger partial charge on any atom is -0.489 e. The Morgan fingerprint density at radius 1 is 0.967 bits per heavy atom. The third-order valence-corrected chi connectivity index (χ3v) is 5.31. The van der Waals surface area contributed by atoms with Crippen molar-refractivity contribution >= 4 is 11.6 Å². The topological polar surface area (TPSA) is 52.8 Å². The molecule has 3 aromatic heterocycles. The quantitative estimate of drug-likeness (QED) is 0.390. The lowest BCUT2D eigenvalue weighted by Crippen LogP contribution is -1.99. The molecule has 0 atom stereocenters. The molecule has 152 valence electrons. The number of hydrogen-bond acceptors (Lipinski definition) is 4. The van der Waals surface area contributed by atoms with E-state index in [1.165, 1.54) is 0 Å². The van der Waals surface area contributed by atoms with Crippen LogP contribution in [0.3, 0.4) is 0 Å². The fraction of sp³-hybridized carbons (Fsp3) is 0.208. The second-order valence-electron chi connectivity index (χ2n) is 7.37. The molecule has 5 nitrogen and oxygen atoms in total. The number of benzene rings is 1. The minimum absolute atomic E-state index is 0.470. The standard InChI is InChI=1S/C24H23ClN4O/c1-15-11-20(30-14-18-6-5-16(2)26-12-18)8-9-21(15)23-17(3)28-24(29(23)4)19-7-10-22(25)27-13-19/h5-13H,14H2,1-4H3. The van der Waals surface area contributed by atoms with Gasteiger partial charge < -0.3 is 9.30 Å². The third kappa shape index (κ3) is 4.07. The average Bonchev–Trinajstić information content (AvgIpc) is 3.02. The van der Waals surface area contributed by atoms with E-state index in [4.69, 9.17) is 21.3 Å². The van der Waals surface area contributed by atoms with Crippen LogP contribution < -0.4 is 4.74 Å². The fourth-order valence-electron chi connectivity index (χ4n) is 3.52. The first-order valence-electron chi connectivity index (χ1n) is 9.73. The van der Waals surface area contributed by atoms with Crippen LogP contribution in [0.5, 0.6) is 5.75 Å². The van der Waals surface area contributed by atoms with Gasteiger partial charge in [-0.25, -0.2) is 9.97 Å². The van der Waals surface area contributed by atoms with Crippen molar-refractivity contribution in [1.82, 2.24) is 19.5 Å². The number of aryl methyl sites for hydroxylation is 3. The van der Waals surface area contributed by atoms with E-state index < -0.39 is 0 Å². The third-order valence-electron chi connectivity index (χ3n) is 5.09. The molecule has 0 radical (unpaired) electrons. The Balaban J connectivity index is 1.60. The summed E-state index contributed by atoms with van der Waals surface area (Å²) in [7, 11) is 2.02. The van der Waals surface area contributed by atoms with Crippen molar-refractivity contribution < 1.29 is 4.74 Å². The smallest absolute Gasteiger partial charge is 0.142 e. The van der Waals surface area contributed by atoms with Gasteiger partial charge in [-0.05, 0) is 62.7 Å². The number of hydrogen-bond donors (Lipinski definition) is 0. The molecule has 0 spiro atoms. The van der Waals surface area contributed by atoms with E-state index >= 15 is 0 Å². The molecule has 0 fully saturated rings. The zero-order chi connectivity index (χ0) is 21.3. The van der Waals surface area contributed by atoms with E-state index in [-0.39, 0.29) is 0 Å². The van der Waals surface area contributed by atoms with Crippen molar-refractivity contribution in [2.45, 2.75) is 27.4 Å². The molecule has 4 aromatic rings. The molecule has 0 unspecified atom stereocenters. The Hall–Kier alpha value is -3.18. The van der Waals surface area contributed by atoms with Crippen LogP contribution in [0, 0.1) is 20.8 Å². The van der Waals surface area contributed by atoms with Gasteiger partial charge in [0.25, 0.3) is 0 Å². The molecule has 30 heavy (non-hydrogen) atoms. The molecule has 0 aliphatic heterocycles. The molecule has 4 rings (SSSR count). The lowest BCUT2D eigenvalue weighted by Gasteiger charge is -2.12. The van der Waals surface area contributed by atoms with Gasteiger partial charge in [0.15, 0.2) is 0 Å². The number of ether oxygens (including phenoxy) is 1. The maximum Gasteiger partial charge on any atom is 0.142 e. The first-order valence-corrected chi connectivity index (χ1v) is 10.1. The highest BCUT2D eigenvalue weighted by atomic mass is 35.5. The first-order chi connectivity index (χ1) is 14.4. The van der Waals surface area contributed by atoms with Crippen LogP contribution in [0.1, 0.15) is 22.5 Å². The van der Waals surface area contributed by atoms with Crippen molar-refractivity contribution in [2.24, 2.45) is 7.05 Å². The molecular formula is C24H23ClN4O. The number of rotatable bonds is 5. The van der Waals surface area contributed by atoms with Gasteiger partial charge in [-0.15, -0.1) is 0 Å². The second kappa shape index (κ2) is 8.28. The van der Waals surface area contributed by atoms with Crippen LogP contribution >= 0.6 is 11.6 Å². The predicted octanol–water partition coefficient (Wildman–Crippen LogP) is 5.70. The van der Waals surface area contributed by atoms with Crippen LogP contribution in [-0.2, 0) is 13.7 Å². The molecule has 0 aliphatic carbocycles.